The molecule has 0 radical (unpaired) electrons. The fraction of sp³-hybridized carbons (Fsp3) is 1.00. The van der Waals surface area contributed by atoms with Gasteiger partial charge in [0.1, 0.15) is 0 Å². The van der Waals surface area contributed by atoms with Gasteiger partial charge in [0.25, 0.3) is 0 Å². The summed E-state index contributed by atoms with van der Waals surface area (Å²) in [6.45, 7) is 17.6. The summed E-state index contributed by atoms with van der Waals surface area (Å²) in [6, 6.07) is 0. The molecule has 0 aliphatic carbocycles. The van der Waals surface area contributed by atoms with Gasteiger partial charge in [0.2, 0.25) is 0 Å². The van der Waals surface area contributed by atoms with Crippen LogP contribution < -0.4 is 0 Å². The van der Waals surface area contributed by atoms with Gasteiger partial charge in [0.15, 0.2) is 0 Å². The standard InChI is InChI=1S/C13H28O2/c1-10(2)14-9-12(5,6)13(7,8)15-11(3)4/h10-11H,9H2,1-8H3. The summed E-state index contributed by atoms with van der Waals surface area (Å²) < 4.78 is 11.6. The molecule has 0 N–H and O–H groups in total. The smallest absolute Gasteiger partial charge is 0.0702 e. The first-order valence-electron chi connectivity index (χ1n) is 5.88. The van der Waals surface area contributed by atoms with Crippen LogP contribution in [0.2, 0.25) is 0 Å². The van der Waals surface area contributed by atoms with Crippen molar-refractivity contribution in [3.05, 3.63) is 0 Å². The lowest BCUT2D eigenvalue weighted by Crippen LogP contribution is -2.46. The van der Waals surface area contributed by atoms with Gasteiger partial charge in [-0.05, 0) is 41.5 Å². The van der Waals surface area contributed by atoms with Crippen molar-refractivity contribution in [2.45, 2.75) is 73.2 Å². The highest BCUT2D eigenvalue weighted by Crippen LogP contribution is 2.35. The van der Waals surface area contributed by atoms with Gasteiger partial charge in [0, 0.05) is 5.41 Å². The molecule has 0 rings (SSSR count). The summed E-state index contributed by atoms with van der Waals surface area (Å²) in [5, 5.41) is 0. The van der Waals surface area contributed by atoms with E-state index < -0.39 is 0 Å². The third-order valence-electron chi connectivity index (χ3n) is 2.94. The molecule has 0 atom stereocenters. The Morgan fingerprint density at radius 3 is 1.67 bits per heavy atom. The van der Waals surface area contributed by atoms with E-state index in [9.17, 15) is 0 Å². The van der Waals surface area contributed by atoms with Gasteiger partial charge in [-0.3, -0.25) is 0 Å². The minimum Gasteiger partial charge on any atom is -0.378 e. The first-order valence-corrected chi connectivity index (χ1v) is 5.88. The van der Waals surface area contributed by atoms with Crippen LogP contribution in [0.3, 0.4) is 0 Å². The lowest BCUT2D eigenvalue weighted by molar-refractivity contribution is -0.151. The first kappa shape index (κ1) is 14.9. The molecule has 0 amide bonds. The fourth-order valence-electron chi connectivity index (χ4n) is 1.30. The molecule has 15 heavy (non-hydrogen) atoms. The highest BCUT2D eigenvalue weighted by molar-refractivity contribution is 4.88. The van der Waals surface area contributed by atoms with E-state index >= 15 is 0 Å². The van der Waals surface area contributed by atoms with Crippen molar-refractivity contribution < 1.29 is 9.47 Å². The van der Waals surface area contributed by atoms with Crippen LogP contribution in [0.25, 0.3) is 0 Å². The number of ether oxygens (including phenoxy) is 2. The molecule has 0 aliphatic heterocycles. The Hall–Kier alpha value is -0.0800. The predicted molar refractivity (Wildman–Crippen MR) is 65.2 cm³/mol. The molecule has 2 heteroatoms. The third-order valence-corrected chi connectivity index (χ3v) is 2.94. The molecule has 0 aromatic rings. The van der Waals surface area contributed by atoms with Crippen molar-refractivity contribution in [2.75, 3.05) is 6.61 Å². The minimum atomic E-state index is -0.171. The SMILES string of the molecule is CC(C)OCC(C)(C)C(C)(C)OC(C)C. The second-order valence-corrected chi connectivity index (χ2v) is 5.92. The summed E-state index contributed by atoms with van der Waals surface area (Å²) >= 11 is 0. The number of rotatable bonds is 6. The second kappa shape index (κ2) is 5.31. The van der Waals surface area contributed by atoms with Crippen LogP contribution in [0.4, 0.5) is 0 Å². The lowest BCUT2D eigenvalue weighted by atomic mass is 9.77. The van der Waals surface area contributed by atoms with Crippen molar-refractivity contribution >= 4 is 0 Å². The Morgan fingerprint density at radius 1 is 0.867 bits per heavy atom. The molecule has 0 saturated heterocycles. The molecule has 0 spiro atoms. The monoisotopic (exact) mass is 216 g/mol. The molecule has 0 heterocycles. The van der Waals surface area contributed by atoms with E-state index in [0.29, 0.717) is 0 Å². The molecule has 2 nitrogen and oxygen atoms in total. The van der Waals surface area contributed by atoms with E-state index in [0.717, 1.165) is 6.61 Å². The average Bonchev–Trinajstić information content (AvgIpc) is 1.98. The van der Waals surface area contributed by atoms with Crippen LogP contribution in [-0.2, 0) is 9.47 Å². The molecular weight excluding hydrogens is 188 g/mol. The maximum absolute atomic E-state index is 5.95. The van der Waals surface area contributed by atoms with E-state index in [1.807, 2.05) is 0 Å². The summed E-state index contributed by atoms with van der Waals surface area (Å²) in [5.41, 5.74) is -0.155. The second-order valence-electron chi connectivity index (χ2n) is 5.92. The van der Waals surface area contributed by atoms with Gasteiger partial charge in [0.05, 0.1) is 24.4 Å². The zero-order valence-corrected chi connectivity index (χ0v) is 11.7. The van der Waals surface area contributed by atoms with Gasteiger partial charge in [-0.2, -0.15) is 0 Å². The summed E-state index contributed by atoms with van der Waals surface area (Å²) in [5.74, 6) is 0. The van der Waals surface area contributed by atoms with Crippen molar-refractivity contribution in [3.8, 4) is 0 Å². The van der Waals surface area contributed by atoms with Crippen LogP contribution >= 0.6 is 0 Å². The molecule has 0 aromatic heterocycles. The summed E-state index contributed by atoms with van der Waals surface area (Å²) in [4.78, 5) is 0. The average molecular weight is 216 g/mol. The summed E-state index contributed by atoms with van der Waals surface area (Å²) in [6.07, 6.45) is 0.525. The van der Waals surface area contributed by atoms with Crippen molar-refractivity contribution in [1.82, 2.24) is 0 Å². The molecule has 0 aromatic carbocycles. The molecule has 0 bridgehead atoms. The van der Waals surface area contributed by atoms with Crippen molar-refractivity contribution in [3.63, 3.8) is 0 Å². The topological polar surface area (TPSA) is 18.5 Å². The molecule has 0 saturated carbocycles. The van der Waals surface area contributed by atoms with E-state index in [-0.39, 0.29) is 23.2 Å². The van der Waals surface area contributed by atoms with Crippen molar-refractivity contribution in [1.29, 1.82) is 0 Å². The van der Waals surface area contributed by atoms with Gasteiger partial charge in [-0.25, -0.2) is 0 Å². The minimum absolute atomic E-state index is 0.0154. The van der Waals surface area contributed by atoms with Gasteiger partial charge >= 0.3 is 0 Å². The Morgan fingerprint density at radius 2 is 1.33 bits per heavy atom. The molecule has 0 aliphatic rings. The fourth-order valence-corrected chi connectivity index (χ4v) is 1.30. The zero-order valence-electron chi connectivity index (χ0n) is 11.7. The summed E-state index contributed by atoms with van der Waals surface area (Å²) in [7, 11) is 0. The third kappa shape index (κ3) is 4.98. The Bertz CT molecular complexity index is 181. The van der Waals surface area contributed by atoms with E-state index in [1.54, 1.807) is 0 Å². The zero-order chi connectivity index (χ0) is 12.3. The van der Waals surface area contributed by atoms with E-state index in [2.05, 4.69) is 55.4 Å². The first-order chi connectivity index (χ1) is 6.58. The Labute approximate surface area is 95.3 Å². The maximum atomic E-state index is 5.95. The number of hydrogen-bond acceptors (Lipinski definition) is 2. The van der Waals surface area contributed by atoms with Crippen molar-refractivity contribution in [2.24, 2.45) is 5.41 Å². The van der Waals surface area contributed by atoms with Crippen LogP contribution in [0.1, 0.15) is 55.4 Å². The lowest BCUT2D eigenvalue weighted by Gasteiger charge is -2.42. The van der Waals surface area contributed by atoms with Crippen LogP contribution in [-0.4, -0.2) is 24.4 Å². The molecule has 92 valence electrons. The normalized spacial score (nSPS) is 14.0. The van der Waals surface area contributed by atoms with E-state index in [4.69, 9.17) is 9.47 Å². The Kier molecular flexibility index (Phi) is 5.28. The maximum Gasteiger partial charge on any atom is 0.0702 e. The van der Waals surface area contributed by atoms with Gasteiger partial charge in [-0.1, -0.05) is 13.8 Å². The molecular formula is C13H28O2. The van der Waals surface area contributed by atoms with Crippen LogP contribution in [0.5, 0.6) is 0 Å². The highest BCUT2D eigenvalue weighted by Gasteiger charge is 2.39. The molecule has 0 fully saturated rings. The largest absolute Gasteiger partial charge is 0.378 e. The predicted octanol–water partition coefficient (Wildman–Crippen LogP) is 3.64. The van der Waals surface area contributed by atoms with Crippen LogP contribution in [0.15, 0.2) is 0 Å². The van der Waals surface area contributed by atoms with Gasteiger partial charge in [-0.15, -0.1) is 0 Å². The van der Waals surface area contributed by atoms with Crippen LogP contribution in [0, 0.1) is 5.41 Å². The molecule has 0 unspecified atom stereocenters. The van der Waals surface area contributed by atoms with E-state index in [1.165, 1.54) is 0 Å². The highest BCUT2D eigenvalue weighted by atomic mass is 16.5. The Balaban J connectivity index is 4.40. The van der Waals surface area contributed by atoms with Gasteiger partial charge < -0.3 is 9.47 Å². The number of hydrogen-bond donors (Lipinski definition) is 0. The quantitative estimate of drug-likeness (QED) is 0.675.